The monoisotopic (exact) mass is 241 g/mol. The molecule has 0 spiro atoms. The molecule has 3 rings (SSSR count). The lowest BCUT2D eigenvalue weighted by molar-refractivity contribution is 1.03. The first-order valence-electron chi connectivity index (χ1n) is 4.97. The maximum Gasteiger partial charge on any atom is 0.119 e. The highest BCUT2D eigenvalue weighted by Crippen LogP contribution is 1.68. The van der Waals surface area contributed by atoms with Crippen molar-refractivity contribution in [2.75, 3.05) is 0 Å². The van der Waals surface area contributed by atoms with Gasteiger partial charge in [0.2, 0.25) is 0 Å². The second-order valence-corrected chi connectivity index (χ2v) is 2.60. The second kappa shape index (κ2) is 10.7. The van der Waals surface area contributed by atoms with Gasteiger partial charge in [-0.25, -0.2) is 15.0 Å². The van der Waals surface area contributed by atoms with E-state index in [4.69, 9.17) is 0 Å². The first-order chi connectivity index (χ1) is 9.00. The van der Waals surface area contributed by atoms with Gasteiger partial charge in [0, 0.05) is 37.2 Å². The molecule has 3 aromatic heterocycles. The summed E-state index contributed by atoms with van der Waals surface area (Å²) in [6.07, 6.45) is 14.1. The maximum absolute atomic E-state index is 3.72. The summed E-state index contributed by atoms with van der Waals surface area (Å²) >= 11 is 0. The molecule has 3 heterocycles. The van der Waals surface area contributed by atoms with Gasteiger partial charge in [-0.3, -0.25) is 9.97 Å². The summed E-state index contributed by atoms with van der Waals surface area (Å²) in [5.41, 5.74) is 0. The third-order valence-corrected chi connectivity index (χ3v) is 1.36. The van der Waals surface area contributed by atoms with Crippen LogP contribution in [0, 0.1) is 0 Å². The van der Waals surface area contributed by atoms with Crippen molar-refractivity contribution in [3.63, 3.8) is 0 Å². The standard InChI is InChI=1S/2C4H4N2.C3H3N3/c1-2-6-4-3-5-1;1-2-4-6-5-3-1;1-4-2-6-3-5-1/h2*1-4H;1-3H. The van der Waals surface area contributed by atoms with E-state index in [1.54, 1.807) is 37.2 Å². The minimum absolute atomic E-state index is 1.44. The molecule has 0 amide bonds. The maximum atomic E-state index is 3.72. The van der Waals surface area contributed by atoms with E-state index < -0.39 is 0 Å². The molecule has 18 heavy (non-hydrogen) atoms. The number of hydrogen-bond donors (Lipinski definition) is 0. The Bertz CT molecular complexity index is 308. The number of hydrogen-bond acceptors (Lipinski definition) is 7. The van der Waals surface area contributed by atoms with Crippen molar-refractivity contribution >= 4 is 0 Å². The molecule has 0 saturated heterocycles. The van der Waals surface area contributed by atoms with Gasteiger partial charge in [-0.05, 0) is 12.1 Å². The molecule has 0 fully saturated rings. The summed E-state index contributed by atoms with van der Waals surface area (Å²) in [5.74, 6) is 0. The lowest BCUT2D eigenvalue weighted by Crippen LogP contribution is -1.73. The Balaban J connectivity index is 0.000000135. The summed E-state index contributed by atoms with van der Waals surface area (Å²) in [6.45, 7) is 0. The lowest BCUT2D eigenvalue weighted by Gasteiger charge is -1.70. The van der Waals surface area contributed by atoms with Crippen molar-refractivity contribution in [2.24, 2.45) is 0 Å². The highest BCUT2D eigenvalue weighted by atomic mass is 15.1. The van der Waals surface area contributed by atoms with Crippen molar-refractivity contribution in [3.05, 3.63) is 68.3 Å². The van der Waals surface area contributed by atoms with Crippen molar-refractivity contribution in [1.29, 1.82) is 0 Å². The van der Waals surface area contributed by atoms with Gasteiger partial charge >= 0.3 is 0 Å². The van der Waals surface area contributed by atoms with Gasteiger partial charge < -0.3 is 0 Å². The summed E-state index contributed by atoms with van der Waals surface area (Å²) in [6, 6.07) is 3.65. The van der Waals surface area contributed by atoms with Crippen molar-refractivity contribution in [2.45, 2.75) is 0 Å². The van der Waals surface area contributed by atoms with E-state index >= 15 is 0 Å². The summed E-state index contributed by atoms with van der Waals surface area (Å²) < 4.78 is 0. The first kappa shape index (κ1) is 13.2. The van der Waals surface area contributed by atoms with E-state index in [-0.39, 0.29) is 0 Å². The molecule has 0 aliphatic heterocycles. The molecule has 7 heteroatoms. The minimum atomic E-state index is 1.44. The smallest absolute Gasteiger partial charge is 0.119 e. The fourth-order valence-electron chi connectivity index (χ4n) is 0.712. The van der Waals surface area contributed by atoms with Gasteiger partial charge in [-0.2, -0.15) is 10.2 Å². The quantitative estimate of drug-likeness (QED) is 0.575. The highest BCUT2D eigenvalue weighted by Gasteiger charge is 1.60. The largest absolute Gasteiger partial charge is 0.262 e. The van der Waals surface area contributed by atoms with Gasteiger partial charge in [0.15, 0.2) is 0 Å². The molecular weight excluding hydrogens is 230 g/mol. The third-order valence-electron chi connectivity index (χ3n) is 1.36. The van der Waals surface area contributed by atoms with Crippen LogP contribution in [0.15, 0.2) is 68.3 Å². The zero-order valence-corrected chi connectivity index (χ0v) is 9.48. The van der Waals surface area contributed by atoms with Crippen molar-refractivity contribution in [3.8, 4) is 0 Å². The van der Waals surface area contributed by atoms with Gasteiger partial charge in [0.05, 0.1) is 0 Å². The molecule has 0 N–H and O–H groups in total. The molecule has 0 aliphatic rings. The molecule has 0 unspecified atom stereocenters. The van der Waals surface area contributed by atoms with E-state index in [1.165, 1.54) is 19.0 Å². The van der Waals surface area contributed by atoms with Crippen molar-refractivity contribution in [1.82, 2.24) is 35.1 Å². The first-order valence-corrected chi connectivity index (χ1v) is 4.97. The number of nitrogens with zero attached hydrogens (tertiary/aromatic N) is 7. The second-order valence-electron chi connectivity index (χ2n) is 2.60. The van der Waals surface area contributed by atoms with Crippen LogP contribution in [0.4, 0.5) is 0 Å². The van der Waals surface area contributed by atoms with Crippen molar-refractivity contribution < 1.29 is 0 Å². The number of aromatic nitrogens is 7. The molecule has 90 valence electrons. The van der Waals surface area contributed by atoms with Crippen LogP contribution in [0.1, 0.15) is 0 Å². The average molecular weight is 241 g/mol. The van der Waals surface area contributed by atoms with E-state index in [9.17, 15) is 0 Å². The minimum Gasteiger partial charge on any atom is -0.262 e. The van der Waals surface area contributed by atoms with Gasteiger partial charge in [-0.1, -0.05) is 0 Å². The van der Waals surface area contributed by atoms with Crippen LogP contribution in [0.5, 0.6) is 0 Å². The predicted molar refractivity (Wildman–Crippen MR) is 63.9 cm³/mol. The van der Waals surface area contributed by atoms with Gasteiger partial charge in [0.1, 0.15) is 19.0 Å². The Labute approximate surface area is 104 Å². The molecule has 0 radical (unpaired) electrons. The van der Waals surface area contributed by atoms with Crippen LogP contribution in [0.2, 0.25) is 0 Å². The Morgan fingerprint density at radius 2 is 0.778 bits per heavy atom. The fraction of sp³-hybridized carbons (Fsp3) is 0. The SMILES string of the molecule is c1ccnnc1.c1cnccn1.c1ncncn1. The van der Waals surface area contributed by atoms with E-state index in [0.717, 1.165) is 0 Å². The van der Waals surface area contributed by atoms with E-state index in [0.29, 0.717) is 0 Å². The molecule has 7 nitrogen and oxygen atoms in total. The molecule has 3 aromatic rings. The lowest BCUT2D eigenvalue weighted by atomic mass is 10.6. The normalized spacial score (nSPS) is 8.00. The van der Waals surface area contributed by atoms with Crippen LogP contribution < -0.4 is 0 Å². The van der Waals surface area contributed by atoms with Crippen LogP contribution in [-0.4, -0.2) is 35.1 Å². The Hall–Kier alpha value is -2.83. The number of rotatable bonds is 0. The zero-order valence-electron chi connectivity index (χ0n) is 9.48. The van der Waals surface area contributed by atoms with E-state index in [2.05, 4.69) is 35.1 Å². The Morgan fingerprint density at radius 1 is 0.389 bits per heavy atom. The van der Waals surface area contributed by atoms with Gasteiger partial charge in [0.25, 0.3) is 0 Å². The van der Waals surface area contributed by atoms with Crippen LogP contribution in [0.3, 0.4) is 0 Å². The molecule has 0 aromatic carbocycles. The van der Waals surface area contributed by atoms with Crippen LogP contribution >= 0.6 is 0 Å². The molecule has 0 aliphatic carbocycles. The summed E-state index contributed by atoms with van der Waals surface area (Å²) in [5, 5.41) is 7.07. The van der Waals surface area contributed by atoms with Gasteiger partial charge in [-0.15, -0.1) is 0 Å². The summed E-state index contributed by atoms with van der Waals surface area (Å²) in [4.78, 5) is 18.1. The van der Waals surface area contributed by atoms with Crippen LogP contribution in [-0.2, 0) is 0 Å². The molecular formula is C11H11N7. The third kappa shape index (κ3) is 8.48. The zero-order chi connectivity index (χ0) is 12.7. The molecule has 0 bridgehead atoms. The van der Waals surface area contributed by atoms with Crippen LogP contribution in [0.25, 0.3) is 0 Å². The highest BCUT2D eigenvalue weighted by molar-refractivity contribution is 4.79. The average Bonchev–Trinajstić information content (AvgIpc) is 2.54. The van der Waals surface area contributed by atoms with E-state index in [1.807, 2.05) is 12.1 Å². The fourth-order valence-corrected chi connectivity index (χ4v) is 0.712. The molecule has 0 saturated carbocycles. The predicted octanol–water partition coefficient (Wildman–Crippen LogP) is 0.825. The Morgan fingerprint density at radius 3 is 0.944 bits per heavy atom. The topological polar surface area (TPSA) is 90.2 Å². The Kier molecular flexibility index (Phi) is 7.85. The molecule has 0 atom stereocenters. The summed E-state index contributed by atoms with van der Waals surface area (Å²) in [7, 11) is 0.